The van der Waals surface area contributed by atoms with Gasteiger partial charge in [0.1, 0.15) is 5.01 Å². The first-order valence-electron chi connectivity index (χ1n) is 5.54. The first kappa shape index (κ1) is 11.0. The summed E-state index contributed by atoms with van der Waals surface area (Å²) in [6.45, 7) is 7.51. The molecule has 2 atom stereocenters. The molecule has 1 aliphatic heterocycles. The van der Waals surface area contributed by atoms with Gasteiger partial charge < -0.3 is 5.73 Å². The second-order valence-electron chi connectivity index (χ2n) is 4.55. The quantitative estimate of drug-likeness (QED) is 0.831. The van der Waals surface area contributed by atoms with Crippen LogP contribution in [0.3, 0.4) is 0 Å². The molecule has 0 spiro atoms. The lowest BCUT2D eigenvalue weighted by atomic mass is 9.95. The van der Waals surface area contributed by atoms with E-state index in [1.807, 2.05) is 0 Å². The van der Waals surface area contributed by atoms with E-state index >= 15 is 0 Å². The fraction of sp³-hybridized carbons (Fsp3) is 0.727. The standard InChI is InChI=1S/C11H19N3S/c1-8-5-14(4-3-10(8)12)6-11-13-9(2)7-15-11/h7-8,10H,3-6,12H2,1-2H3. The summed E-state index contributed by atoms with van der Waals surface area (Å²) >= 11 is 1.76. The van der Waals surface area contributed by atoms with E-state index in [1.54, 1.807) is 11.3 Å². The molecule has 0 radical (unpaired) electrons. The Morgan fingerprint density at radius 2 is 2.47 bits per heavy atom. The maximum atomic E-state index is 6.00. The van der Waals surface area contributed by atoms with Gasteiger partial charge in [-0.15, -0.1) is 11.3 Å². The number of likely N-dealkylation sites (tertiary alicyclic amines) is 1. The van der Waals surface area contributed by atoms with Gasteiger partial charge in [-0.05, 0) is 19.3 Å². The van der Waals surface area contributed by atoms with Gasteiger partial charge in [0.05, 0.1) is 6.54 Å². The van der Waals surface area contributed by atoms with Crippen LogP contribution < -0.4 is 5.73 Å². The average molecular weight is 225 g/mol. The van der Waals surface area contributed by atoms with Crippen molar-refractivity contribution in [1.29, 1.82) is 0 Å². The summed E-state index contributed by atoms with van der Waals surface area (Å²) in [6.07, 6.45) is 1.12. The van der Waals surface area contributed by atoms with E-state index in [0.29, 0.717) is 12.0 Å². The summed E-state index contributed by atoms with van der Waals surface area (Å²) in [6, 6.07) is 0.388. The Morgan fingerprint density at radius 3 is 3.07 bits per heavy atom. The maximum Gasteiger partial charge on any atom is 0.107 e. The monoisotopic (exact) mass is 225 g/mol. The molecule has 1 aromatic heterocycles. The molecular weight excluding hydrogens is 206 g/mol. The number of hydrogen-bond donors (Lipinski definition) is 1. The van der Waals surface area contributed by atoms with Crippen molar-refractivity contribution >= 4 is 11.3 Å². The molecule has 0 aromatic carbocycles. The van der Waals surface area contributed by atoms with Gasteiger partial charge in [0.25, 0.3) is 0 Å². The van der Waals surface area contributed by atoms with Crippen molar-refractivity contribution in [3.8, 4) is 0 Å². The van der Waals surface area contributed by atoms with E-state index < -0.39 is 0 Å². The zero-order valence-electron chi connectivity index (χ0n) is 9.44. The first-order chi connectivity index (χ1) is 7.15. The predicted octanol–water partition coefficient (Wildman–Crippen LogP) is 1.62. The Hall–Kier alpha value is -0.450. The maximum absolute atomic E-state index is 6.00. The number of piperidine rings is 1. The van der Waals surface area contributed by atoms with Gasteiger partial charge in [0.2, 0.25) is 0 Å². The molecular formula is C11H19N3S. The highest BCUT2D eigenvalue weighted by Crippen LogP contribution is 2.18. The molecule has 1 fully saturated rings. The van der Waals surface area contributed by atoms with Crippen LogP contribution in [0.5, 0.6) is 0 Å². The lowest BCUT2D eigenvalue weighted by molar-refractivity contribution is 0.157. The average Bonchev–Trinajstić information content (AvgIpc) is 2.58. The first-order valence-corrected chi connectivity index (χ1v) is 6.42. The topological polar surface area (TPSA) is 42.1 Å². The molecule has 2 N–H and O–H groups in total. The van der Waals surface area contributed by atoms with Gasteiger partial charge in [-0.3, -0.25) is 4.90 Å². The molecule has 0 aliphatic carbocycles. The largest absolute Gasteiger partial charge is 0.327 e. The van der Waals surface area contributed by atoms with Crippen LogP contribution in [0.2, 0.25) is 0 Å². The SMILES string of the molecule is Cc1csc(CN2CCC(N)C(C)C2)n1. The highest BCUT2D eigenvalue weighted by Gasteiger charge is 2.23. The number of hydrogen-bond acceptors (Lipinski definition) is 4. The molecule has 15 heavy (non-hydrogen) atoms. The van der Waals surface area contributed by atoms with E-state index in [-0.39, 0.29) is 0 Å². The third-order valence-corrected chi connectivity index (χ3v) is 4.03. The molecule has 2 unspecified atom stereocenters. The highest BCUT2D eigenvalue weighted by molar-refractivity contribution is 7.09. The van der Waals surface area contributed by atoms with E-state index in [1.165, 1.54) is 5.01 Å². The molecule has 84 valence electrons. The molecule has 3 nitrogen and oxygen atoms in total. The number of rotatable bonds is 2. The number of nitrogens with two attached hydrogens (primary N) is 1. The Kier molecular flexibility index (Phi) is 3.38. The van der Waals surface area contributed by atoms with Crippen LogP contribution in [0.4, 0.5) is 0 Å². The minimum atomic E-state index is 0.388. The summed E-state index contributed by atoms with van der Waals surface area (Å²) in [5, 5.41) is 3.35. The Balaban J connectivity index is 1.90. The second-order valence-corrected chi connectivity index (χ2v) is 5.49. The van der Waals surface area contributed by atoms with Crippen LogP contribution in [-0.4, -0.2) is 29.0 Å². The molecule has 2 heterocycles. The van der Waals surface area contributed by atoms with Crippen LogP contribution in [-0.2, 0) is 6.54 Å². The Labute approximate surface area is 95.3 Å². The molecule has 1 saturated heterocycles. The van der Waals surface area contributed by atoms with Gasteiger partial charge >= 0.3 is 0 Å². The van der Waals surface area contributed by atoms with E-state index in [0.717, 1.165) is 31.7 Å². The normalized spacial score (nSPS) is 28.2. The summed E-state index contributed by atoms with van der Waals surface area (Å²) in [5.74, 6) is 0.611. The zero-order valence-corrected chi connectivity index (χ0v) is 10.3. The van der Waals surface area contributed by atoms with Crippen molar-refractivity contribution in [2.75, 3.05) is 13.1 Å². The molecule has 1 aliphatic rings. The van der Waals surface area contributed by atoms with Crippen molar-refractivity contribution < 1.29 is 0 Å². The molecule has 0 bridgehead atoms. The Bertz CT molecular complexity index is 323. The fourth-order valence-electron chi connectivity index (χ4n) is 2.06. The van der Waals surface area contributed by atoms with Gasteiger partial charge in [0, 0.05) is 30.2 Å². The van der Waals surface area contributed by atoms with Crippen LogP contribution >= 0.6 is 11.3 Å². The smallest absolute Gasteiger partial charge is 0.107 e. The van der Waals surface area contributed by atoms with Crippen molar-refractivity contribution in [1.82, 2.24) is 9.88 Å². The van der Waals surface area contributed by atoms with Crippen molar-refractivity contribution in [3.63, 3.8) is 0 Å². The van der Waals surface area contributed by atoms with Crippen LogP contribution in [0.25, 0.3) is 0 Å². The summed E-state index contributed by atoms with van der Waals surface area (Å²) in [7, 11) is 0. The van der Waals surface area contributed by atoms with Gasteiger partial charge in [-0.1, -0.05) is 6.92 Å². The number of nitrogens with zero attached hydrogens (tertiary/aromatic N) is 2. The van der Waals surface area contributed by atoms with Crippen LogP contribution in [0.1, 0.15) is 24.0 Å². The minimum absolute atomic E-state index is 0.388. The van der Waals surface area contributed by atoms with Crippen LogP contribution in [0, 0.1) is 12.8 Å². The zero-order chi connectivity index (χ0) is 10.8. The number of thiazole rings is 1. The van der Waals surface area contributed by atoms with E-state index in [2.05, 4.69) is 29.1 Å². The summed E-state index contributed by atoms with van der Waals surface area (Å²) < 4.78 is 0. The molecule has 1 aromatic rings. The Morgan fingerprint density at radius 1 is 1.67 bits per heavy atom. The van der Waals surface area contributed by atoms with Crippen LogP contribution in [0.15, 0.2) is 5.38 Å². The lowest BCUT2D eigenvalue weighted by Gasteiger charge is -2.34. The summed E-state index contributed by atoms with van der Waals surface area (Å²) in [4.78, 5) is 6.96. The minimum Gasteiger partial charge on any atom is -0.327 e. The van der Waals surface area contributed by atoms with Gasteiger partial charge in [-0.25, -0.2) is 4.98 Å². The molecule has 0 amide bonds. The van der Waals surface area contributed by atoms with Crippen molar-refractivity contribution in [2.24, 2.45) is 11.7 Å². The fourth-order valence-corrected chi connectivity index (χ4v) is 2.87. The predicted molar refractivity (Wildman–Crippen MR) is 63.9 cm³/mol. The lowest BCUT2D eigenvalue weighted by Crippen LogP contribution is -2.45. The molecule has 2 rings (SSSR count). The summed E-state index contributed by atoms with van der Waals surface area (Å²) in [5.41, 5.74) is 7.13. The van der Waals surface area contributed by atoms with Gasteiger partial charge in [-0.2, -0.15) is 0 Å². The second kappa shape index (κ2) is 4.60. The van der Waals surface area contributed by atoms with Crippen molar-refractivity contribution in [3.05, 3.63) is 16.1 Å². The van der Waals surface area contributed by atoms with E-state index in [9.17, 15) is 0 Å². The number of aromatic nitrogens is 1. The number of aryl methyl sites for hydroxylation is 1. The van der Waals surface area contributed by atoms with Gasteiger partial charge in [0.15, 0.2) is 0 Å². The third-order valence-electron chi connectivity index (χ3n) is 3.08. The molecule has 4 heteroatoms. The highest BCUT2D eigenvalue weighted by atomic mass is 32.1. The third kappa shape index (κ3) is 2.77. The molecule has 0 saturated carbocycles. The van der Waals surface area contributed by atoms with E-state index in [4.69, 9.17) is 5.73 Å². The van der Waals surface area contributed by atoms with Crippen molar-refractivity contribution in [2.45, 2.75) is 32.9 Å².